The van der Waals surface area contributed by atoms with Gasteiger partial charge in [0.1, 0.15) is 11.6 Å². The molecule has 1 saturated heterocycles. The third kappa shape index (κ3) is 2.69. The van der Waals surface area contributed by atoms with E-state index < -0.39 is 5.54 Å². The molecule has 0 aromatic rings. The molecule has 0 aromatic heterocycles. The third-order valence-electron chi connectivity index (χ3n) is 5.57. The van der Waals surface area contributed by atoms with Gasteiger partial charge in [-0.05, 0) is 31.6 Å². The van der Waals surface area contributed by atoms with Gasteiger partial charge in [0.25, 0.3) is 0 Å². The second-order valence-corrected chi connectivity index (χ2v) is 7.31. The molecule has 0 aromatic carbocycles. The Balaban J connectivity index is 2.37. The van der Waals surface area contributed by atoms with Crippen molar-refractivity contribution in [2.75, 3.05) is 0 Å². The van der Waals surface area contributed by atoms with Crippen molar-refractivity contribution < 1.29 is 9.59 Å². The van der Waals surface area contributed by atoms with Gasteiger partial charge in [-0.25, -0.2) is 0 Å². The van der Waals surface area contributed by atoms with E-state index in [9.17, 15) is 9.59 Å². The van der Waals surface area contributed by atoms with E-state index in [1.165, 1.54) is 0 Å². The van der Waals surface area contributed by atoms with Gasteiger partial charge in [-0.3, -0.25) is 9.59 Å². The van der Waals surface area contributed by atoms with Crippen molar-refractivity contribution in [3.63, 3.8) is 0 Å². The van der Waals surface area contributed by atoms with Crippen molar-refractivity contribution in [2.24, 2.45) is 11.8 Å². The molecule has 2 amide bonds. The average Bonchev–Trinajstić information content (AvgIpc) is 2.89. The zero-order valence-corrected chi connectivity index (χ0v) is 14.1. The first-order chi connectivity index (χ1) is 9.84. The molecule has 2 fully saturated rings. The molecule has 0 radical (unpaired) electrons. The number of nitrogens with zero attached hydrogens (tertiary/aromatic N) is 1. The van der Waals surface area contributed by atoms with Crippen LogP contribution in [0.3, 0.4) is 0 Å². The Morgan fingerprint density at radius 1 is 1.19 bits per heavy atom. The van der Waals surface area contributed by atoms with E-state index in [0.717, 1.165) is 32.1 Å². The number of nitrogens with one attached hydrogen (secondary N) is 1. The second kappa shape index (κ2) is 5.98. The Morgan fingerprint density at radius 2 is 1.76 bits per heavy atom. The van der Waals surface area contributed by atoms with Crippen LogP contribution in [0, 0.1) is 11.8 Å². The van der Waals surface area contributed by atoms with E-state index in [2.05, 4.69) is 26.1 Å². The molecule has 21 heavy (non-hydrogen) atoms. The number of piperazine rings is 1. The fourth-order valence-electron chi connectivity index (χ4n) is 3.86. The molecule has 1 saturated carbocycles. The molecule has 1 aliphatic carbocycles. The van der Waals surface area contributed by atoms with Crippen LogP contribution in [0.1, 0.15) is 66.7 Å². The summed E-state index contributed by atoms with van der Waals surface area (Å²) in [6.07, 6.45) is 4.68. The van der Waals surface area contributed by atoms with Gasteiger partial charge in [-0.15, -0.1) is 0 Å². The third-order valence-corrected chi connectivity index (χ3v) is 5.57. The average molecular weight is 294 g/mol. The normalized spacial score (nSPS) is 28.1. The maximum absolute atomic E-state index is 13.2. The number of hydrogen-bond donors (Lipinski definition) is 1. The summed E-state index contributed by atoms with van der Waals surface area (Å²) in [6, 6.07) is -0.217. The van der Waals surface area contributed by atoms with Gasteiger partial charge in [0.2, 0.25) is 11.8 Å². The van der Waals surface area contributed by atoms with Gasteiger partial charge in [0, 0.05) is 6.04 Å². The van der Waals surface area contributed by atoms with Gasteiger partial charge < -0.3 is 10.2 Å². The standard InChI is InChI=1S/C17H30N2O2/c1-6-12(4)13(5)19-14(11(2)3)15(20)18-17(16(19)21)9-7-8-10-17/h11-14H,6-10H2,1-5H3,(H,18,20). The highest BCUT2D eigenvalue weighted by Crippen LogP contribution is 2.37. The van der Waals surface area contributed by atoms with Crippen molar-refractivity contribution in [3.05, 3.63) is 0 Å². The molecular formula is C17H30N2O2. The van der Waals surface area contributed by atoms with Crippen molar-refractivity contribution in [3.8, 4) is 0 Å². The van der Waals surface area contributed by atoms with Crippen molar-refractivity contribution >= 4 is 11.8 Å². The Labute approximate surface area is 128 Å². The lowest BCUT2D eigenvalue weighted by atomic mass is 9.84. The van der Waals surface area contributed by atoms with E-state index in [1.54, 1.807) is 0 Å². The van der Waals surface area contributed by atoms with Crippen molar-refractivity contribution in [1.82, 2.24) is 10.2 Å². The zero-order chi connectivity index (χ0) is 15.8. The molecule has 2 aliphatic rings. The first kappa shape index (κ1) is 16.3. The molecule has 2 rings (SSSR count). The summed E-state index contributed by atoms with van der Waals surface area (Å²) in [4.78, 5) is 27.8. The molecule has 120 valence electrons. The lowest BCUT2D eigenvalue weighted by Crippen LogP contribution is -2.72. The number of carbonyl (C=O) groups excluding carboxylic acids is 2. The van der Waals surface area contributed by atoms with E-state index in [1.807, 2.05) is 18.7 Å². The molecule has 3 atom stereocenters. The predicted octanol–water partition coefficient (Wildman–Crippen LogP) is 2.72. The van der Waals surface area contributed by atoms with Crippen LogP contribution >= 0.6 is 0 Å². The molecule has 4 nitrogen and oxygen atoms in total. The minimum Gasteiger partial charge on any atom is -0.340 e. The first-order valence-corrected chi connectivity index (χ1v) is 8.49. The van der Waals surface area contributed by atoms with Crippen LogP contribution in [0.5, 0.6) is 0 Å². The minimum absolute atomic E-state index is 0.0432. The molecule has 1 aliphatic heterocycles. The van der Waals surface area contributed by atoms with E-state index >= 15 is 0 Å². The van der Waals surface area contributed by atoms with Gasteiger partial charge in [0.05, 0.1) is 0 Å². The fourth-order valence-corrected chi connectivity index (χ4v) is 3.86. The molecule has 0 bridgehead atoms. The number of amides is 2. The van der Waals surface area contributed by atoms with E-state index in [4.69, 9.17) is 0 Å². The first-order valence-electron chi connectivity index (χ1n) is 8.49. The summed E-state index contributed by atoms with van der Waals surface area (Å²) < 4.78 is 0. The maximum Gasteiger partial charge on any atom is 0.249 e. The zero-order valence-electron chi connectivity index (χ0n) is 14.1. The predicted molar refractivity (Wildman–Crippen MR) is 83.7 cm³/mol. The quantitative estimate of drug-likeness (QED) is 0.866. The summed E-state index contributed by atoms with van der Waals surface area (Å²) in [7, 11) is 0. The number of rotatable bonds is 4. The number of hydrogen-bond acceptors (Lipinski definition) is 2. The monoisotopic (exact) mass is 294 g/mol. The van der Waals surface area contributed by atoms with Gasteiger partial charge in [-0.1, -0.05) is 47.0 Å². The van der Waals surface area contributed by atoms with E-state index in [-0.39, 0.29) is 29.8 Å². The maximum atomic E-state index is 13.2. The highest BCUT2D eigenvalue weighted by molar-refractivity contribution is 6.00. The molecule has 1 heterocycles. The summed E-state index contributed by atoms with van der Waals surface area (Å²) in [5.41, 5.74) is -0.607. The second-order valence-electron chi connectivity index (χ2n) is 7.31. The molecule has 1 spiro atoms. The Morgan fingerprint density at radius 3 is 2.24 bits per heavy atom. The van der Waals surface area contributed by atoms with Crippen LogP contribution in [0.2, 0.25) is 0 Å². The molecule has 3 unspecified atom stereocenters. The van der Waals surface area contributed by atoms with Crippen molar-refractivity contribution in [1.29, 1.82) is 0 Å². The Bertz CT molecular complexity index is 413. The van der Waals surface area contributed by atoms with Crippen LogP contribution < -0.4 is 5.32 Å². The highest BCUT2D eigenvalue weighted by atomic mass is 16.2. The van der Waals surface area contributed by atoms with E-state index in [0.29, 0.717) is 5.92 Å². The highest BCUT2D eigenvalue weighted by Gasteiger charge is 2.54. The van der Waals surface area contributed by atoms with Crippen molar-refractivity contribution in [2.45, 2.75) is 84.3 Å². The SMILES string of the molecule is CCC(C)C(C)N1C(=O)C2(CCCC2)NC(=O)C1C(C)C. The van der Waals surface area contributed by atoms with Crippen LogP contribution in [0.25, 0.3) is 0 Å². The summed E-state index contributed by atoms with van der Waals surface area (Å²) in [6.45, 7) is 10.5. The van der Waals surface area contributed by atoms with Crippen LogP contribution in [-0.2, 0) is 9.59 Å². The number of carbonyl (C=O) groups is 2. The smallest absolute Gasteiger partial charge is 0.249 e. The summed E-state index contributed by atoms with van der Waals surface area (Å²) in [5.74, 6) is 0.742. The van der Waals surface area contributed by atoms with Gasteiger partial charge in [0.15, 0.2) is 0 Å². The lowest BCUT2D eigenvalue weighted by Gasteiger charge is -2.49. The summed E-state index contributed by atoms with van der Waals surface area (Å²) in [5, 5.41) is 3.08. The van der Waals surface area contributed by atoms with Crippen LogP contribution in [0.4, 0.5) is 0 Å². The largest absolute Gasteiger partial charge is 0.340 e. The molecular weight excluding hydrogens is 264 g/mol. The Hall–Kier alpha value is -1.06. The Kier molecular flexibility index (Phi) is 4.64. The van der Waals surface area contributed by atoms with Gasteiger partial charge >= 0.3 is 0 Å². The lowest BCUT2D eigenvalue weighted by molar-refractivity contribution is -0.160. The molecule has 1 N–H and O–H groups in total. The topological polar surface area (TPSA) is 49.4 Å². The van der Waals surface area contributed by atoms with Gasteiger partial charge in [-0.2, -0.15) is 0 Å². The van der Waals surface area contributed by atoms with Crippen LogP contribution in [-0.4, -0.2) is 34.3 Å². The summed E-state index contributed by atoms with van der Waals surface area (Å²) >= 11 is 0. The minimum atomic E-state index is -0.607. The fraction of sp³-hybridized carbons (Fsp3) is 0.882. The van der Waals surface area contributed by atoms with Crippen LogP contribution in [0.15, 0.2) is 0 Å². The molecule has 4 heteroatoms.